The fourth-order valence-electron chi connectivity index (χ4n) is 0.985. The van der Waals surface area contributed by atoms with Crippen molar-refractivity contribution in [2.24, 2.45) is 5.73 Å². The van der Waals surface area contributed by atoms with Crippen LogP contribution >= 0.6 is 0 Å². The average Bonchev–Trinajstić information content (AvgIpc) is 2.19. The van der Waals surface area contributed by atoms with E-state index in [9.17, 15) is 0 Å². The van der Waals surface area contributed by atoms with Gasteiger partial charge in [-0.2, -0.15) is 0 Å². The molecule has 1 aromatic carbocycles. The lowest BCUT2D eigenvalue weighted by molar-refractivity contribution is 0.233. The number of benzene rings is 1. The van der Waals surface area contributed by atoms with Crippen LogP contribution in [0.15, 0.2) is 24.3 Å². The molecule has 0 heterocycles. The number of nitrogen functional groups attached to an aromatic ring is 1. The normalized spacial score (nSPS) is 9.79. The Kier molecular flexibility index (Phi) is 3.94. The van der Waals surface area contributed by atoms with E-state index in [4.69, 9.17) is 21.0 Å². The van der Waals surface area contributed by atoms with Gasteiger partial charge in [-0.3, -0.25) is 5.41 Å². The molecule has 0 aromatic heterocycles. The molecule has 0 fully saturated rings. The van der Waals surface area contributed by atoms with Gasteiger partial charge in [-0.1, -0.05) is 0 Å². The van der Waals surface area contributed by atoms with E-state index in [2.05, 4.69) is 0 Å². The van der Waals surface area contributed by atoms with Gasteiger partial charge in [0.25, 0.3) is 0 Å². The third kappa shape index (κ3) is 3.06. The van der Waals surface area contributed by atoms with Crippen LogP contribution < -0.4 is 10.5 Å². The summed E-state index contributed by atoms with van der Waals surface area (Å²) in [5, 5.41) is 15.7. The topological polar surface area (TPSA) is 79.3 Å². The molecule has 0 unspecified atom stereocenters. The molecule has 76 valence electrons. The number of aliphatic hydroxyl groups is 1. The van der Waals surface area contributed by atoms with Crippen LogP contribution in [0.2, 0.25) is 0 Å². The number of aliphatic hydroxyl groups excluding tert-OH is 1. The smallest absolute Gasteiger partial charge is 0.122 e. The predicted octanol–water partition coefficient (Wildman–Crippen LogP) is 0.732. The van der Waals surface area contributed by atoms with E-state index < -0.39 is 0 Å². The van der Waals surface area contributed by atoms with Crippen LogP contribution in [0.25, 0.3) is 0 Å². The molecule has 4 nitrogen and oxygen atoms in total. The summed E-state index contributed by atoms with van der Waals surface area (Å²) in [6.45, 7) is 0.626. The Morgan fingerprint density at radius 2 is 2.00 bits per heavy atom. The number of hydrogen-bond acceptors (Lipinski definition) is 3. The van der Waals surface area contributed by atoms with Gasteiger partial charge in [-0.15, -0.1) is 0 Å². The first kappa shape index (κ1) is 10.5. The molecule has 0 spiro atoms. The van der Waals surface area contributed by atoms with E-state index in [-0.39, 0.29) is 12.4 Å². The summed E-state index contributed by atoms with van der Waals surface area (Å²) in [6.07, 6.45) is 0.620. The monoisotopic (exact) mass is 194 g/mol. The van der Waals surface area contributed by atoms with Gasteiger partial charge in [-0.05, 0) is 24.3 Å². The third-order valence-corrected chi connectivity index (χ3v) is 1.74. The molecule has 0 radical (unpaired) electrons. The number of nitrogens with two attached hydrogens (primary N) is 1. The van der Waals surface area contributed by atoms with Crippen molar-refractivity contribution in [1.29, 1.82) is 5.41 Å². The maximum absolute atomic E-state index is 8.54. The lowest BCUT2D eigenvalue weighted by atomic mass is 10.2. The van der Waals surface area contributed by atoms with Gasteiger partial charge in [-0.25, -0.2) is 0 Å². The number of hydrogen-bond donors (Lipinski definition) is 3. The molecular weight excluding hydrogens is 180 g/mol. The molecule has 0 bridgehead atoms. The molecule has 4 N–H and O–H groups in total. The van der Waals surface area contributed by atoms with Gasteiger partial charge in [0.05, 0.1) is 6.61 Å². The summed E-state index contributed by atoms with van der Waals surface area (Å²) < 4.78 is 5.31. The summed E-state index contributed by atoms with van der Waals surface area (Å²) in [4.78, 5) is 0. The zero-order chi connectivity index (χ0) is 10.4. The molecule has 0 amide bonds. The summed E-state index contributed by atoms with van der Waals surface area (Å²) in [7, 11) is 0. The first-order chi connectivity index (χ1) is 6.74. The van der Waals surface area contributed by atoms with E-state index in [1.54, 1.807) is 24.3 Å². The SMILES string of the molecule is N=C(N)c1ccc(OCCCO)cc1. The van der Waals surface area contributed by atoms with Crippen molar-refractivity contribution < 1.29 is 9.84 Å². The molecule has 0 aliphatic heterocycles. The summed E-state index contributed by atoms with van der Waals surface area (Å²) in [5.74, 6) is 0.773. The van der Waals surface area contributed by atoms with Crippen molar-refractivity contribution >= 4 is 5.84 Å². The van der Waals surface area contributed by atoms with E-state index in [0.29, 0.717) is 18.6 Å². The molecule has 0 atom stereocenters. The highest BCUT2D eigenvalue weighted by Gasteiger charge is 1.96. The minimum atomic E-state index is 0.0481. The second-order valence-corrected chi connectivity index (χ2v) is 2.86. The fraction of sp³-hybridized carbons (Fsp3) is 0.300. The highest BCUT2D eigenvalue weighted by molar-refractivity contribution is 5.94. The van der Waals surface area contributed by atoms with Crippen LogP contribution in [0.3, 0.4) is 0 Å². The lowest BCUT2D eigenvalue weighted by Gasteiger charge is -2.05. The maximum atomic E-state index is 8.54. The van der Waals surface area contributed by atoms with Gasteiger partial charge >= 0.3 is 0 Å². The molecule has 4 heteroatoms. The Morgan fingerprint density at radius 1 is 1.36 bits per heavy atom. The van der Waals surface area contributed by atoms with Crippen LogP contribution in [0.4, 0.5) is 0 Å². The molecule has 0 aliphatic rings. The van der Waals surface area contributed by atoms with Crippen LogP contribution in [-0.2, 0) is 0 Å². The Hall–Kier alpha value is -1.55. The van der Waals surface area contributed by atoms with E-state index >= 15 is 0 Å². The highest BCUT2D eigenvalue weighted by Crippen LogP contribution is 2.11. The quantitative estimate of drug-likeness (QED) is 0.367. The fourth-order valence-corrected chi connectivity index (χ4v) is 0.985. The first-order valence-corrected chi connectivity index (χ1v) is 4.42. The number of ether oxygens (including phenoxy) is 1. The molecule has 0 saturated carbocycles. The van der Waals surface area contributed by atoms with E-state index in [1.165, 1.54) is 0 Å². The third-order valence-electron chi connectivity index (χ3n) is 1.74. The van der Waals surface area contributed by atoms with Crippen LogP contribution in [0.5, 0.6) is 5.75 Å². The second-order valence-electron chi connectivity index (χ2n) is 2.86. The van der Waals surface area contributed by atoms with Crippen molar-refractivity contribution in [1.82, 2.24) is 0 Å². The molecule has 0 aliphatic carbocycles. The predicted molar refractivity (Wildman–Crippen MR) is 54.7 cm³/mol. The van der Waals surface area contributed by atoms with Gasteiger partial charge in [0.2, 0.25) is 0 Å². The van der Waals surface area contributed by atoms with Crippen molar-refractivity contribution in [2.75, 3.05) is 13.2 Å². The van der Waals surface area contributed by atoms with Gasteiger partial charge in [0, 0.05) is 18.6 Å². The first-order valence-electron chi connectivity index (χ1n) is 4.42. The number of nitrogens with one attached hydrogen (secondary N) is 1. The van der Waals surface area contributed by atoms with Crippen molar-refractivity contribution in [3.05, 3.63) is 29.8 Å². The van der Waals surface area contributed by atoms with Gasteiger partial charge in [0.1, 0.15) is 11.6 Å². The molecule has 0 saturated heterocycles. The average molecular weight is 194 g/mol. The van der Waals surface area contributed by atoms with Gasteiger partial charge in [0.15, 0.2) is 0 Å². The van der Waals surface area contributed by atoms with E-state index in [1.807, 2.05) is 0 Å². The standard InChI is InChI=1S/C10H14N2O2/c11-10(12)8-2-4-9(5-3-8)14-7-1-6-13/h2-5,13H,1,6-7H2,(H3,11,12). The lowest BCUT2D eigenvalue weighted by Crippen LogP contribution is -2.10. The number of rotatable bonds is 5. The highest BCUT2D eigenvalue weighted by atomic mass is 16.5. The summed E-state index contributed by atoms with van der Waals surface area (Å²) in [5.41, 5.74) is 5.97. The van der Waals surface area contributed by atoms with Crippen LogP contribution in [0, 0.1) is 5.41 Å². The maximum Gasteiger partial charge on any atom is 0.122 e. The molecule has 1 rings (SSSR count). The van der Waals surface area contributed by atoms with E-state index in [0.717, 1.165) is 5.75 Å². The van der Waals surface area contributed by atoms with Crippen molar-refractivity contribution in [2.45, 2.75) is 6.42 Å². The molecule has 14 heavy (non-hydrogen) atoms. The zero-order valence-corrected chi connectivity index (χ0v) is 7.86. The Balaban J connectivity index is 2.51. The Bertz CT molecular complexity index is 295. The van der Waals surface area contributed by atoms with Crippen molar-refractivity contribution in [3.8, 4) is 5.75 Å². The molecule has 1 aromatic rings. The van der Waals surface area contributed by atoms with Gasteiger partial charge < -0.3 is 15.6 Å². The Morgan fingerprint density at radius 3 is 2.50 bits per heavy atom. The number of amidine groups is 1. The van der Waals surface area contributed by atoms with Crippen molar-refractivity contribution in [3.63, 3.8) is 0 Å². The Labute approximate surface area is 82.8 Å². The summed E-state index contributed by atoms with van der Waals surface area (Å²) >= 11 is 0. The minimum Gasteiger partial charge on any atom is -0.494 e. The molecular formula is C10H14N2O2. The van der Waals surface area contributed by atoms with Crippen LogP contribution in [0.1, 0.15) is 12.0 Å². The largest absolute Gasteiger partial charge is 0.494 e. The van der Waals surface area contributed by atoms with Crippen LogP contribution in [-0.4, -0.2) is 24.2 Å². The minimum absolute atomic E-state index is 0.0481. The zero-order valence-electron chi connectivity index (χ0n) is 7.86. The second kappa shape index (κ2) is 5.24. The summed E-state index contributed by atoms with van der Waals surface area (Å²) in [6, 6.07) is 6.98.